The lowest BCUT2D eigenvalue weighted by Crippen LogP contribution is -1.69. The number of hydrogen-bond acceptors (Lipinski definition) is 3. The molecule has 1 N–H and O–H groups in total. The van der Waals surface area contributed by atoms with E-state index in [-0.39, 0.29) is 5.75 Å². The third-order valence-electron chi connectivity index (χ3n) is 2.03. The Morgan fingerprint density at radius 1 is 0.882 bits per heavy atom. The number of benzene rings is 2. The summed E-state index contributed by atoms with van der Waals surface area (Å²) in [6, 6.07) is 11.5. The highest BCUT2D eigenvalue weighted by molar-refractivity contribution is 6.33. The molecule has 0 radical (unpaired) electrons. The van der Waals surface area contributed by atoms with Crippen molar-refractivity contribution in [3.8, 4) is 5.75 Å². The van der Waals surface area contributed by atoms with Gasteiger partial charge in [-0.3, -0.25) is 0 Å². The molecule has 17 heavy (non-hydrogen) atoms. The van der Waals surface area contributed by atoms with Gasteiger partial charge in [0.05, 0.1) is 10.7 Å². The second kappa shape index (κ2) is 5.17. The summed E-state index contributed by atoms with van der Waals surface area (Å²) in [6.45, 7) is 0. The number of nitrogens with zero attached hydrogens (tertiary/aromatic N) is 2. The van der Waals surface area contributed by atoms with Crippen molar-refractivity contribution in [2.45, 2.75) is 0 Å². The van der Waals surface area contributed by atoms with Crippen LogP contribution in [0.5, 0.6) is 5.75 Å². The summed E-state index contributed by atoms with van der Waals surface area (Å²) in [5.41, 5.74) is 1.18. The predicted molar refractivity (Wildman–Crippen MR) is 68.7 cm³/mol. The molecule has 0 bridgehead atoms. The molecule has 0 aliphatic rings. The van der Waals surface area contributed by atoms with Gasteiger partial charge in [0.25, 0.3) is 0 Å². The molecule has 0 amide bonds. The number of hydrogen-bond donors (Lipinski definition) is 1. The number of phenols is 1. The molecule has 2 rings (SSSR count). The van der Waals surface area contributed by atoms with Crippen LogP contribution in [0.15, 0.2) is 52.7 Å². The fraction of sp³-hybridized carbons (Fsp3) is 0. The van der Waals surface area contributed by atoms with Crippen LogP contribution in [0, 0.1) is 0 Å². The van der Waals surface area contributed by atoms with Crippen LogP contribution in [0.25, 0.3) is 0 Å². The molecule has 86 valence electrons. The molecule has 0 fully saturated rings. The van der Waals surface area contributed by atoms with Gasteiger partial charge in [-0.1, -0.05) is 23.2 Å². The van der Waals surface area contributed by atoms with E-state index in [0.29, 0.717) is 21.4 Å². The monoisotopic (exact) mass is 266 g/mol. The zero-order chi connectivity index (χ0) is 12.3. The lowest BCUT2D eigenvalue weighted by Gasteiger charge is -1.97. The van der Waals surface area contributed by atoms with Gasteiger partial charge in [-0.15, -0.1) is 5.11 Å². The van der Waals surface area contributed by atoms with Crippen molar-refractivity contribution in [2.75, 3.05) is 0 Å². The third-order valence-corrected chi connectivity index (χ3v) is 2.59. The standard InChI is InChI=1S/C12H8Cl2N2O/c13-8-1-3-9(4-2-8)15-16-12-6-5-10(17)7-11(12)14/h1-7,17H. The van der Waals surface area contributed by atoms with Crippen molar-refractivity contribution in [1.29, 1.82) is 0 Å². The molecule has 3 nitrogen and oxygen atoms in total. The van der Waals surface area contributed by atoms with Gasteiger partial charge in [0.2, 0.25) is 0 Å². The molecule has 0 spiro atoms. The maximum absolute atomic E-state index is 9.18. The molecule has 5 heteroatoms. The maximum Gasteiger partial charge on any atom is 0.117 e. The van der Waals surface area contributed by atoms with Crippen LogP contribution in [0.3, 0.4) is 0 Å². The molecular weight excluding hydrogens is 259 g/mol. The highest BCUT2D eigenvalue weighted by atomic mass is 35.5. The Kier molecular flexibility index (Phi) is 3.61. The second-order valence-corrected chi connectivity index (χ2v) is 4.16. The van der Waals surface area contributed by atoms with E-state index >= 15 is 0 Å². The zero-order valence-corrected chi connectivity index (χ0v) is 10.2. The van der Waals surface area contributed by atoms with Crippen molar-refractivity contribution < 1.29 is 5.11 Å². The van der Waals surface area contributed by atoms with Crippen LogP contribution in [0.4, 0.5) is 11.4 Å². The lowest BCUT2D eigenvalue weighted by molar-refractivity contribution is 0.475. The Morgan fingerprint density at radius 2 is 1.59 bits per heavy atom. The Hall–Kier alpha value is -1.58. The van der Waals surface area contributed by atoms with E-state index in [4.69, 9.17) is 23.2 Å². The van der Waals surface area contributed by atoms with Crippen LogP contribution < -0.4 is 0 Å². The van der Waals surface area contributed by atoms with E-state index in [1.165, 1.54) is 12.1 Å². The van der Waals surface area contributed by atoms with Gasteiger partial charge in [0.15, 0.2) is 0 Å². The summed E-state index contributed by atoms with van der Waals surface area (Å²) < 4.78 is 0. The number of phenolic OH excluding ortho intramolecular Hbond substituents is 1. The van der Waals surface area contributed by atoms with E-state index in [0.717, 1.165) is 0 Å². The first-order valence-corrected chi connectivity index (χ1v) is 5.56. The first kappa shape index (κ1) is 11.9. The quantitative estimate of drug-likeness (QED) is 0.754. The molecule has 2 aromatic carbocycles. The summed E-state index contributed by atoms with van der Waals surface area (Å²) in [5.74, 6) is 0.0976. The van der Waals surface area contributed by atoms with Crippen molar-refractivity contribution in [2.24, 2.45) is 10.2 Å². The van der Waals surface area contributed by atoms with E-state index in [9.17, 15) is 5.11 Å². The van der Waals surface area contributed by atoms with Gasteiger partial charge < -0.3 is 5.11 Å². The van der Waals surface area contributed by atoms with Crippen molar-refractivity contribution in [3.63, 3.8) is 0 Å². The molecule has 0 unspecified atom stereocenters. The number of azo groups is 1. The zero-order valence-electron chi connectivity index (χ0n) is 8.64. The molecule has 0 saturated heterocycles. The lowest BCUT2D eigenvalue weighted by atomic mass is 10.3. The number of aromatic hydroxyl groups is 1. The summed E-state index contributed by atoms with van der Waals surface area (Å²) in [5, 5.41) is 18.2. The van der Waals surface area contributed by atoms with Gasteiger partial charge in [-0.2, -0.15) is 5.11 Å². The third kappa shape index (κ3) is 3.19. The molecule has 0 aromatic heterocycles. The van der Waals surface area contributed by atoms with Crippen molar-refractivity contribution >= 4 is 34.6 Å². The van der Waals surface area contributed by atoms with E-state index < -0.39 is 0 Å². The average Bonchev–Trinajstić information content (AvgIpc) is 2.30. The van der Waals surface area contributed by atoms with Crippen molar-refractivity contribution in [3.05, 3.63) is 52.5 Å². The minimum absolute atomic E-state index is 0.0976. The van der Waals surface area contributed by atoms with Crippen molar-refractivity contribution in [1.82, 2.24) is 0 Å². The fourth-order valence-corrected chi connectivity index (χ4v) is 1.53. The fourth-order valence-electron chi connectivity index (χ4n) is 1.20. The molecular formula is C12H8Cl2N2O. The van der Waals surface area contributed by atoms with Gasteiger partial charge in [0, 0.05) is 11.1 Å². The van der Waals surface area contributed by atoms with E-state index in [1.807, 2.05) is 0 Å². The molecule has 0 saturated carbocycles. The smallest absolute Gasteiger partial charge is 0.117 e. The van der Waals surface area contributed by atoms with Gasteiger partial charge in [-0.05, 0) is 36.4 Å². The highest BCUT2D eigenvalue weighted by Gasteiger charge is 1.99. The Balaban J connectivity index is 2.23. The van der Waals surface area contributed by atoms with Gasteiger partial charge >= 0.3 is 0 Å². The van der Waals surface area contributed by atoms with E-state index in [2.05, 4.69) is 10.2 Å². The molecule has 0 atom stereocenters. The summed E-state index contributed by atoms with van der Waals surface area (Å²) in [7, 11) is 0. The second-order valence-electron chi connectivity index (χ2n) is 3.31. The first-order valence-electron chi connectivity index (χ1n) is 4.81. The van der Waals surface area contributed by atoms with Crippen LogP contribution in [0.2, 0.25) is 10.0 Å². The van der Waals surface area contributed by atoms with Crippen LogP contribution in [-0.4, -0.2) is 5.11 Å². The predicted octanol–water partition coefficient (Wildman–Crippen LogP) is 5.11. The first-order chi connectivity index (χ1) is 8.15. The SMILES string of the molecule is Oc1ccc(N=Nc2ccc(Cl)cc2)c(Cl)c1. The molecule has 0 aliphatic heterocycles. The molecule has 0 aliphatic carbocycles. The number of rotatable bonds is 2. The molecule has 2 aromatic rings. The normalized spacial score (nSPS) is 10.9. The topological polar surface area (TPSA) is 45.0 Å². The minimum Gasteiger partial charge on any atom is -0.508 e. The highest BCUT2D eigenvalue weighted by Crippen LogP contribution is 2.30. The van der Waals surface area contributed by atoms with Crippen LogP contribution in [-0.2, 0) is 0 Å². The summed E-state index contributed by atoms with van der Waals surface area (Å²) in [4.78, 5) is 0. The summed E-state index contributed by atoms with van der Waals surface area (Å²) >= 11 is 11.6. The minimum atomic E-state index is 0.0976. The van der Waals surface area contributed by atoms with Gasteiger partial charge in [0.1, 0.15) is 11.4 Å². The van der Waals surface area contributed by atoms with Crippen LogP contribution >= 0.6 is 23.2 Å². The van der Waals surface area contributed by atoms with Crippen LogP contribution in [0.1, 0.15) is 0 Å². The van der Waals surface area contributed by atoms with Gasteiger partial charge in [-0.25, -0.2) is 0 Å². The number of halogens is 2. The maximum atomic E-state index is 9.18. The average molecular weight is 267 g/mol. The largest absolute Gasteiger partial charge is 0.508 e. The Morgan fingerprint density at radius 3 is 2.24 bits per heavy atom. The summed E-state index contributed by atoms with van der Waals surface area (Å²) in [6.07, 6.45) is 0. The Bertz CT molecular complexity index is 553. The Labute approximate surface area is 108 Å². The molecule has 0 heterocycles. The van der Waals surface area contributed by atoms with E-state index in [1.54, 1.807) is 30.3 Å².